The number of hydrogen-bond donors (Lipinski definition) is 0. The van der Waals surface area contributed by atoms with Crippen LogP contribution in [0.1, 0.15) is 34.2 Å². The van der Waals surface area contributed by atoms with E-state index >= 15 is 0 Å². The highest BCUT2D eigenvalue weighted by Crippen LogP contribution is 2.28. The van der Waals surface area contributed by atoms with Crippen LogP contribution in [0.5, 0.6) is 5.75 Å². The Hall–Kier alpha value is -2.60. The summed E-state index contributed by atoms with van der Waals surface area (Å²) in [7, 11) is 3.61. The van der Waals surface area contributed by atoms with Gasteiger partial charge in [-0.2, -0.15) is 0 Å². The maximum atomic E-state index is 11.6. The fraction of sp³-hybridized carbons (Fsp3) is 0.250. The third kappa shape index (κ3) is 4.14. The molecule has 1 aromatic heterocycles. The average Bonchev–Trinajstić information content (AvgIpc) is 3.00. The van der Waals surface area contributed by atoms with Crippen LogP contribution >= 0.6 is 11.8 Å². The number of benzene rings is 2. The molecule has 0 fully saturated rings. The number of Topliss-reactive ketones (excluding diaryl/α,β-unsaturated/α-hetero) is 1. The zero-order valence-electron chi connectivity index (χ0n) is 15.1. The monoisotopic (exact) mass is 367 g/mol. The van der Waals surface area contributed by atoms with Crippen molar-refractivity contribution in [3.8, 4) is 5.75 Å². The van der Waals surface area contributed by atoms with Gasteiger partial charge in [0.25, 0.3) is 0 Å². The van der Waals surface area contributed by atoms with Gasteiger partial charge in [-0.15, -0.1) is 10.2 Å². The third-order valence-electron chi connectivity index (χ3n) is 4.17. The summed E-state index contributed by atoms with van der Waals surface area (Å²) in [6, 6.07) is 15.7. The van der Waals surface area contributed by atoms with E-state index in [0.717, 1.165) is 28.7 Å². The van der Waals surface area contributed by atoms with Crippen molar-refractivity contribution >= 4 is 17.5 Å². The minimum absolute atomic E-state index is 0.0442. The van der Waals surface area contributed by atoms with E-state index in [1.807, 2.05) is 41.9 Å². The largest absolute Gasteiger partial charge is 0.496 e. The molecule has 0 unspecified atom stereocenters. The number of ketones is 1. The van der Waals surface area contributed by atoms with Gasteiger partial charge in [-0.25, -0.2) is 0 Å². The van der Waals surface area contributed by atoms with Crippen molar-refractivity contribution in [1.82, 2.24) is 14.8 Å². The molecule has 0 amide bonds. The molecule has 0 spiro atoms. The number of carbonyl (C=O) groups excluding carboxylic acids is 1. The fourth-order valence-corrected chi connectivity index (χ4v) is 3.56. The van der Waals surface area contributed by atoms with E-state index in [9.17, 15) is 4.79 Å². The maximum Gasteiger partial charge on any atom is 0.191 e. The Morgan fingerprint density at radius 3 is 2.62 bits per heavy atom. The van der Waals surface area contributed by atoms with E-state index in [1.165, 1.54) is 5.56 Å². The summed E-state index contributed by atoms with van der Waals surface area (Å²) in [5.41, 5.74) is 2.86. The smallest absolute Gasteiger partial charge is 0.191 e. The second-order valence-electron chi connectivity index (χ2n) is 5.99. The van der Waals surface area contributed by atoms with E-state index in [-0.39, 0.29) is 5.78 Å². The van der Waals surface area contributed by atoms with Crippen molar-refractivity contribution in [3.63, 3.8) is 0 Å². The van der Waals surface area contributed by atoms with Gasteiger partial charge in [0.15, 0.2) is 10.9 Å². The predicted molar refractivity (Wildman–Crippen MR) is 103 cm³/mol. The van der Waals surface area contributed by atoms with Crippen molar-refractivity contribution in [3.05, 3.63) is 71.0 Å². The minimum Gasteiger partial charge on any atom is -0.496 e. The Balaban J connectivity index is 1.74. The predicted octanol–water partition coefficient (Wildman–Crippen LogP) is 3.91. The second kappa shape index (κ2) is 8.19. The van der Waals surface area contributed by atoms with Crippen LogP contribution in [-0.4, -0.2) is 27.7 Å². The van der Waals surface area contributed by atoms with Gasteiger partial charge in [-0.3, -0.25) is 4.79 Å². The molecule has 26 heavy (non-hydrogen) atoms. The summed E-state index contributed by atoms with van der Waals surface area (Å²) in [4.78, 5) is 11.6. The standard InChI is InChI=1S/C20H21N3O2S/c1-14(24)16-9-10-18(25-3)17(12-16)13-26-20-22-21-19(23(20)2)11-15-7-5-4-6-8-15/h4-10,12H,11,13H2,1-3H3. The highest BCUT2D eigenvalue weighted by Gasteiger charge is 2.13. The first-order chi connectivity index (χ1) is 12.6. The van der Waals surface area contributed by atoms with Gasteiger partial charge < -0.3 is 9.30 Å². The molecular formula is C20H21N3O2S. The molecule has 0 N–H and O–H groups in total. The quantitative estimate of drug-likeness (QED) is 0.468. The molecule has 0 aliphatic heterocycles. The van der Waals surface area contributed by atoms with E-state index < -0.39 is 0 Å². The zero-order chi connectivity index (χ0) is 18.5. The molecule has 3 rings (SSSR count). The second-order valence-corrected chi connectivity index (χ2v) is 6.93. The summed E-state index contributed by atoms with van der Waals surface area (Å²) in [5.74, 6) is 2.39. The van der Waals surface area contributed by atoms with Gasteiger partial charge in [-0.1, -0.05) is 42.1 Å². The van der Waals surface area contributed by atoms with Crippen LogP contribution in [0.25, 0.3) is 0 Å². The number of hydrogen-bond acceptors (Lipinski definition) is 5. The van der Waals surface area contributed by atoms with Gasteiger partial charge in [0.05, 0.1) is 7.11 Å². The average molecular weight is 367 g/mol. The lowest BCUT2D eigenvalue weighted by Gasteiger charge is -2.09. The number of aromatic nitrogens is 3. The number of ether oxygens (including phenoxy) is 1. The Labute approximate surface area is 157 Å². The summed E-state index contributed by atoms with van der Waals surface area (Å²) >= 11 is 1.58. The lowest BCUT2D eigenvalue weighted by atomic mass is 10.1. The molecule has 5 nitrogen and oxygen atoms in total. The third-order valence-corrected chi connectivity index (χ3v) is 5.24. The van der Waals surface area contributed by atoms with Gasteiger partial charge in [0.2, 0.25) is 0 Å². The molecule has 6 heteroatoms. The van der Waals surface area contributed by atoms with Crippen molar-refractivity contribution in [2.45, 2.75) is 24.3 Å². The van der Waals surface area contributed by atoms with Crippen LogP contribution < -0.4 is 4.74 Å². The summed E-state index contributed by atoms with van der Waals surface area (Å²) in [6.07, 6.45) is 0.744. The molecule has 0 saturated carbocycles. The molecule has 3 aromatic rings. The van der Waals surface area contributed by atoms with Crippen LogP contribution in [0.3, 0.4) is 0 Å². The van der Waals surface area contributed by atoms with Crippen molar-refractivity contribution < 1.29 is 9.53 Å². The molecule has 0 aliphatic carbocycles. The maximum absolute atomic E-state index is 11.6. The zero-order valence-corrected chi connectivity index (χ0v) is 15.9. The highest BCUT2D eigenvalue weighted by atomic mass is 32.2. The first-order valence-electron chi connectivity index (χ1n) is 8.31. The summed E-state index contributed by atoms with van der Waals surface area (Å²) < 4.78 is 7.43. The van der Waals surface area contributed by atoms with Gasteiger partial charge in [0, 0.05) is 30.3 Å². The first-order valence-corrected chi connectivity index (χ1v) is 9.30. The lowest BCUT2D eigenvalue weighted by molar-refractivity contribution is 0.101. The minimum atomic E-state index is 0.0442. The van der Waals surface area contributed by atoms with E-state index in [4.69, 9.17) is 4.74 Å². The Morgan fingerprint density at radius 2 is 1.92 bits per heavy atom. The lowest BCUT2D eigenvalue weighted by Crippen LogP contribution is -2.01. The summed E-state index contributed by atoms with van der Waals surface area (Å²) in [6.45, 7) is 1.57. The molecular weight excluding hydrogens is 346 g/mol. The van der Waals surface area contributed by atoms with Crippen molar-refractivity contribution in [2.24, 2.45) is 7.05 Å². The van der Waals surface area contributed by atoms with Crippen LogP contribution in [0, 0.1) is 0 Å². The molecule has 0 radical (unpaired) electrons. The molecule has 0 atom stereocenters. The molecule has 1 heterocycles. The number of carbonyl (C=O) groups is 1. The van der Waals surface area contributed by atoms with Crippen LogP contribution in [0.2, 0.25) is 0 Å². The Bertz CT molecular complexity index is 907. The molecule has 134 valence electrons. The Kier molecular flexibility index (Phi) is 5.73. The number of rotatable bonds is 7. The fourth-order valence-electron chi connectivity index (χ4n) is 2.66. The summed E-state index contributed by atoms with van der Waals surface area (Å²) in [5, 5.41) is 9.47. The topological polar surface area (TPSA) is 57.0 Å². The van der Waals surface area contributed by atoms with Gasteiger partial charge in [-0.05, 0) is 30.7 Å². The van der Waals surface area contributed by atoms with Crippen LogP contribution in [-0.2, 0) is 19.2 Å². The first kappa shape index (κ1) is 18.2. The van der Waals surface area contributed by atoms with Crippen molar-refractivity contribution in [1.29, 1.82) is 0 Å². The molecule has 2 aromatic carbocycles. The molecule has 0 saturated heterocycles. The normalized spacial score (nSPS) is 10.7. The van der Waals surface area contributed by atoms with E-state index in [2.05, 4.69) is 22.3 Å². The molecule has 0 bridgehead atoms. The molecule has 0 aliphatic rings. The van der Waals surface area contributed by atoms with Crippen LogP contribution in [0.4, 0.5) is 0 Å². The highest BCUT2D eigenvalue weighted by molar-refractivity contribution is 7.98. The number of thioether (sulfide) groups is 1. The SMILES string of the molecule is COc1ccc(C(C)=O)cc1CSc1nnc(Cc2ccccc2)n1C. The van der Waals surface area contributed by atoms with E-state index in [0.29, 0.717) is 11.3 Å². The number of nitrogens with zero attached hydrogens (tertiary/aromatic N) is 3. The Morgan fingerprint density at radius 1 is 1.15 bits per heavy atom. The van der Waals surface area contributed by atoms with Crippen molar-refractivity contribution in [2.75, 3.05) is 7.11 Å². The van der Waals surface area contributed by atoms with E-state index in [1.54, 1.807) is 31.9 Å². The van der Waals surface area contributed by atoms with Crippen LogP contribution in [0.15, 0.2) is 53.7 Å². The number of methoxy groups -OCH3 is 1. The van der Waals surface area contributed by atoms with Gasteiger partial charge >= 0.3 is 0 Å². The van der Waals surface area contributed by atoms with Gasteiger partial charge in [0.1, 0.15) is 11.6 Å².